The van der Waals surface area contributed by atoms with E-state index in [1.807, 2.05) is 0 Å². The minimum absolute atomic E-state index is 0.0610. The van der Waals surface area contributed by atoms with Crippen molar-refractivity contribution in [2.75, 3.05) is 32.8 Å². The van der Waals surface area contributed by atoms with E-state index in [9.17, 15) is 27.6 Å². The maximum absolute atomic E-state index is 13.3. The predicted octanol–water partition coefficient (Wildman–Crippen LogP) is 3.72. The van der Waals surface area contributed by atoms with E-state index in [2.05, 4.69) is 4.90 Å². The number of benzene rings is 2. The number of hydrogen-bond acceptors (Lipinski definition) is 7. The fourth-order valence-electron chi connectivity index (χ4n) is 4.97. The van der Waals surface area contributed by atoms with Crippen LogP contribution in [0.3, 0.4) is 0 Å². The van der Waals surface area contributed by atoms with E-state index in [1.165, 1.54) is 17.0 Å². The van der Waals surface area contributed by atoms with Gasteiger partial charge >= 0.3 is 24.0 Å². The second-order valence-electron chi connectivity index (χ2n) is 9.37. The fraction of sp³-hybridized carbons (Fsp3) is 0.370. The summed E-state index contributed by atoms with van der Waals surface area (Å²) < 4.78 is 54.9. The van der Waals surface area contributed by atoms with Crippen LogP contribution in [0.4, 0.5) is 13.2 Å². The van der Waals surface area contributed by atoms with Crippen molar-refractivity contribution < 1.29 is 41.8 Å². The molecule has 200 valence electrons. The Kier molecular flexibility index (Phi) is 6.87. The number of carbonyl (C=O) groups excluding carboxylic acids is 3. The third-order valence-electron chi connectivity index (χ3n) is 6.94. The van der Waals surface area contributed by atoms with Crippen LogP contribution in [0.15, 0.2) is 60.7 Å². The Bertz CT molecular complexity index is 1230. The first-order valence-electron chi connectivity index (χ1n) is 12.2. The van der Waals surface area contributed by atoms with E-state index in [1.54, 1.807) is 24.3 Å². The molecule has 11 heteroatoms. The Balaban J connectivity index is 1.18. The maximum atomic E-state index is 13.3. The highest BCUT2D eigenvalue weighted by Gasteiger charge is 2.57. The lowest BCUT2D eigenvalue weighted by atomic mass is 9.96. The zero-order valence-corrected chi connectivity index (χ0v) is 20.3. The first-order valence-corrected chi connectivity index (χ1v) is 12.2. The lowest BCUT2D eigenvalue weighted by Crippen LogP contribution is -2.52. The van der Waals surface area contributed by atoms with Crippen molar-refractivity contribution in [1.29, 1.82) is 0 Å². The topological polar surface area (TPSA) is 85.4 Å². The van der Waals surface area contributed by atoms with Gasteiger partial charge in [-0.2, -0.15) is 13.2 Å². The van der Waals surface area contributed by atoms with Crippen LogP contribution in [0, 0.1) is 5.92 Å². The monoisotopic (exact) mass is 530 g/mol. The number of nitrogens with zero attached hydrogens (tertiary/aromatic N) is 2. The van der Waals surface area contributed by atoms with E-state index in [0.29, 0.717) is 43.1 Å². The normalized spacial score (nSPS) is 19.8. The largest absolute Gasteiger partial charge is 0.492 e. The number of amides is 1. The molecule has 1 saturated heterocycles. The molecular weight excluding hydrogens is 505 g/mol. The molecule has 0 atom stereocenters. The second kappa shape index (κ2) is 10.1. The van der Waals surface area contributed by atoms with Crippen molar-refractivity contribution in [2.24, 2.45) is 5.92 Å². The van der Waals surface area contributed by atoms with Gasteiger partial charge in [-0.1, -0.05) is 12.1 Å². The molecule has 3 heterocycles. The number of halogens is 3. The average Bonchev–Trinajstić information content (AvgIpc) is 3.00. The summed E-state index contributed by atoms with van der Waals surface area (Å²) in [5.41, 5.74) is -0.0981. The Labute approximate surface area is 216 Å². The maximum Gasteiger partial charge on any atom is 0.416 e. The molecule has 0 aliphatic carbocycles. The predicted molar refractivity (Wildman–Crippen MR) is 127 cm³/mol. The average molecular weight is 530 g/mol. The van der Waals surface area contributed by atoms with Crippen molar-refractivity contribution in [3.8, 4) is 5.75 Å². The molecule has 38 heavy (non-hydrogen) atoms. The van der Waals surface area contributed by atoms with Crippen LogP contribution >= 0.6 is 0 Å². The van der Waals surface area contributed by atoms with Crippen molar-refractivity contribution in [2.45, 2.75) is 24.9 Å². The van der Waals surface area contributed by atoms with Crippen LogP contribution in [0.5, 0.6) is 5.75 Å². The fourth-order valence-corrected chi connectivity index (χ4v) is 4.97. The number of rotatable bonds is 6. The molecule has 0 radical (unpaired) electrons. The van der Waals surface area contributed by atoms with Gasteiger partial charge in [-0.05, 0) is 68.2 Å². The van der Waals surface area contributed by atoms with Crippen molar-refractivity contribution in [3.05, 3.63) is 77.4 Å². The van der Waals surface area contributed by atoms with E-state index < -0.39 is 29.6 Å². The van der Waals surface area contributed by atoms with Gasteiger partial charge in [-0.15, -0.1) is 0 Å². The molecule has 3 aliphatic rings. The molecule has 0 saturated carbocycles. The molecule has 5 rings (SSSR count). The molecule has 0 unspecified atom stereocenters. The van der Waals surface area contributed by atoms with Gasteiger partial charge in [-0.25, -0.2) is 9.59 Å². The zero-order chi connectivity index (χ0) is 26.9. The van der Waals surface area contributed by atoms with Gasteiger partial charge in [0.15, 0.2) is 0 Å². The Morgan fingerprint density at radius 2 is 1.55 bits per heavy atom. The highest BCUT2D eigenvalue weighted by Crippen LogP contribution is 2.43. The molecule has 2 aromatic carbocycles. The molecule has 2 aromatic rings. The molecule has 1 amide bonds. The third kappa shape index (κ3) is 5.10. The molecule has 1 spiro atoms. The van der Waals surface area contributed by atoms with E-state index in [-0.39, 0.29) is 18.4 Å². The van der Waals surface area contributed by atoms with Gasteiger partial charge in [0.25, 0.3) is 5.91 Å². The number of fused-ring (bicyclic) bond motifs is 2. The molecule has 1 fully saturated rings. The SMILES string of the molecule is O=C1C=CC(=O)OC2(O1)c1ccccc1C(=O)N2CC1CCN(CCOc2ccc(C(F)(F)F)cc2)CC1. The number of piperidine rings is 1. The smallest absolute Gasteiger partial charge is 0.416 e. The number of hydrogen-bond donors (Lipinski definition) is 0. The van der Waals surface area contributed by atoms with Gasteiger partial charge in [-0.3, -0.25) is 14.6 Å². The van der Waals surface area contributed by atoms with Gasteiger partial charge in [0.2, 0.25) is 0 Å². The quantitative estimate of drug-likeness (QED) is 0.527. The first-order chi connectivity index (χ1) is 18.2. The molecule has 0 bridgehead atoms. The van der Waals surface area contributed by atoms with Crippen LogP contribution in [-0.2, 0) is 31.2 Å². The minimum Gasteiger partial charge on any atom is -0.492 e. The highest BCUT2D eigenvalue weighted by atomic mass is 19.4. The van der Waals surface area contributed by atoms with Crippen molar-refractivity contribution in [3.63, 3.8) is 0 Å². The number of ether oxygens (including phenoxy) is 3. The summed E-state index contributed by atoms with van der Waals surface area (Å²) in [7, 11) is 0. The highest BCUT2D eigenvalue weighted by molar-refractivity contribution is 6.01. The molecule has 0 aromatic heterocycles. The van der Waals surface area contributed by atoms with Crippen LogP contribution in [0.1, 0.15) is 34.3 Å². The summed E-state index contributed by atoms with van der Waals surface area (Å²) >= 11 is 0. The lowest BCUT2D eigenvalue weighted by Gasteiger charge is -2.39. The Morgan fingerprint density at radius 3 is 2.18 bits per heavy atom. The first kappa shape index (κ1) is 25.8. The van der Waals surface area contributed by atoms with E-state index >= 15 is 0 Å². The number of likely N-dealkylation sites (tertiary alicyclic amines) is 1. The van der Waals surface area contributed by atoms with Gasteiger partial charge in [0, 0.05) is 25.2 Å². The molecular formula is C27H25F3N2O6. The minimum atomic E-state index is -4.39. The summed E-state index contributed by atoms with van der Waals surface area (Å²) in [6, 6.07) is 11.2. The van der Waals surface area contributed by atoms with Crippen LogP contribution < -0.4 is 4.74 Å². The van der Waals surface area contributed by atoms with Crippen LogP contribution in [0.25, 0.3) is 0 Å². The molecule has 0 N–H and O–H groups in total. The summed E-state index contributed by atoms with van der Waals surface area (Å²) in [5.74, 6) is -3.46. The van der Waals surface area contributed by atoms with Crippen molar-refractivity contribution >= 4 is 17.8 Å². The van der Waals surface area contributed by atoms with E-state index in [0.717, 1.165) is 37.1 Å². The van der Waals surface area contributed by atoms with Crippen molar-refractivity contribution in [1.82, 2.24) is 9.80 Å². The third-order valence-corrected chi connectivity index (χ3v) is 6.94. The number of carbonyl (C=O) groups is 3. The van der Waals surface area contributed by atoms with Crippen LogP contribution in [-0.4, -0.2) is 60.4 Å². The Hall–Kier alpha value is -3.86. The summed E-state index contributed by atoms with van der Waals surface area (Å²) in [4.78, 5) is 41.4. The van der Waals surface area contributed by atoms with E-state index in [4.69, 9.17) is 14.2 Å². The molecule has 3 aliphatic heterocycles. The summed E-state index contributed by atoms with van der Waals surface area (Å²) in [6.07, 6.45) is -0.966. The van der Waals surface area contributed by atoms with Gasteiger partial charge < -0.3 is 14.2 Å². The van der Waals surface area contributed by atoms with Gasteiger partial charge in [0.1, 0.15) is 12.4 Å². The standard InChI is InChI=1S/C27H25F3N2O6/c28-26(29,30)19-5-7-20(8-6-19)36-16-15-31-13-11-18(12-14-31)17-32-25(35)21-3-1-2-4-22(21)27(32)37-23(33)9-10-24(34)38-27/h1-10,18H,11-17H2. The zero-order valence-electron chi connectivity index (χ0n) is 20.3. The van der Waals surface area contributed by atoms with Crippen LogP contribution in [0.2, 0.25) is 0 Å². The number of alkyl halides is 3. The number of esters is 2. The lowest BCUT2D eigenvalue weighted by molar-refractivity contribution is -0.275. The second-order valence-corrected chi connectivity index (χ2v) is 9.37. The summed E-state index contributed by atoms with van der Waals surface area (Å²) in [6.45, 7) is 2.56. The Morgan fingerprint density at radius 1 is 0.921 bits per heavy atom. The summed E-state index contributed by atoms with van der Waals surface area (Å²) in [5, 5.41) is 0. The molecule has 8 nitrogen and oxygen atoms in total. The van der Waals surface area contributed by atoms with Gasteiger partial charge in [0.05, 0.1) is 16.7 Å².